The van der Waals surface area contributed by atoms with Crippen molar-refractivity contribution in [3.63, 3.8) is 0 Å². The first-order valence-corrected chi connectivity index (χ1v) is 6.55. The number of benzene rings is 1. The van der Waals surface area contributed by atoms with Crippen molar-refractivity contribution >= 4 is 11.5 Å². The number of carbonyl (C=O) groups is 1. The summed E-state index contributed by atoms with van der Waals surface area (Å²) in [5.41, 5.74) is 8.65. The van der Waals surface area contributed by atoms with Crippen LogP contribution < -0.4 is 10.5 Å². The predicted octanol–water partition coefficient (Wildman–Crippen LogP) is 2.23. The van der Waals surface area contributed by atoms with Gasteiger partial charge in [-0.2, -0.15) is 5.10 Å². The number of carbonyl (C=O) groups excluding carboxylic acids is 1. The maximum absolute atomic E-state index is 12.4. The molecule has 0 saturated carbocycles. The third kappa shape index (κ3) is 2.82. The molecule has 2 rings (SSSR count). The van der Waals surface area contributed by atoms with Crippen molar-refractivity contribution in [1.29, 1.82) is 0 Å². The lowest BCUT2D eigenvalue weighted by molar-refractivity contribution is 0.0991. The van der Waals surface area contributed by atoms with E-state index in [0.717, 1.165) is 17.9 Å². The fourth-order valence-corrected chi connectivity index (χ4v) is 2.18. The minimum Gasteiger partial charge on any atom is -0.497 e. The van der Waals surface area contributed by atoms with Crippen LogP contribution in [0.25, 0.3) is 0 Å². The lowest BCUT2D eigenvalue weighted by Crippen LogP contribution is -2.11. The van der Waals surface area contributed by atoms with Crippen molar-refractivity contribution in [2.24, 2.45) is 0 Å². The lowest BCUT2D eigenvalue weighted by Gasteiger charge is -2.08. The Kier molecular flexibility index (Phi) is 4.08. The molecule has 0 fully saturated rings. The van der Waals surface area contributed by atoms with Crippen molar-refractivity contribution in [2.75, 3.05) is 12.8 Å². The van der Waals surface area contributed by atoms with Gasteiger partial charge in [0, 0.05) is 23.5 Å². The molecule has 1 aromatic heterocycles. The molecule has 20 heavy (non-hydrogen) atoms. The highest BCUT2D eigenvalue weighted by Gasteiger charge is 2.15. The van der Waals surface area contributed by atoms with E-state index in [2.05, 4.69) is 5.10 Å². The standard InChI is InChI=1S/C15H19N3O2/c1-4-18-11(7-10(2)17-18)8-15(19)13-9-12(20-3)5-6-14(13)16/h5-7,9H,4,8,16H2,1-3H3. The second-order valence-electron chi connectivity index (χ2n) is 4.65. The summed E-state index contributed by atoms with van der Waals surface area (Å²) in [6.07, 6.45) is 0.284. The number of nitrogens with zero attached hydrogens (tertiary/aromatic N) is 2. The molecule has 0 aliphatic heterocycles. The fourth-order valence-electron chi connectivity index (χ4n) is 2.18. The molecule has 0 amide bonds. The zero-order chi connectivity index (χ0) is 14.7. The summed E-state index contributed by atoms with van der Waals surface area (Å²) in [6.45, 7) is 4.66. The van der Waals surface area contributed by atoms with E-state index in [1.165, 1.54) is 0 Å². The molecule has 2 aromatic rings. The Hall–Kier alpha value is -2.30. The molecule has 2 N–H and O–H groups in total. The summed E-state index contributed by atoms with van der Waals surface area (Å²) < 4.78 is 6.97. The Balaban J connectivity index is 2.27. The van der Waals surface area contributed by atoms with Crippen LogP contribution in [0.4, 0.5) is 5.69 Å². The number of aromatic nitrogens is 2. The first-order chi connectivity index (χ1) is 9.55. The number of rotatable bonds is 5. The maximum atomic E-state index is 12.4. The minimum atomic E-state index is -0.0315. The van der Waals surface area contributed by atoms with Crippen LogP contribution in [0.1, 0.15) is 28.7 Å². The van der Waals surface area contributed by atoms with Crippen LogP contribution in [0.3, 0.4) is 0 Å². The Labute approximate surface area is 118 Å². The zero-order valence-electron chi connectivity index (χ0n) is 12.0. The number of aryl methyl sites for hydroxylation is 2. The van der Waals surface area contributed by atoms with E-state index in [1.54, 1.807) is 25.3 Å². The van der Waals surface area contributed by atoms with Gasteiger partial charge in [-0.25, -0.2) is 0 Å². The Morgan fingerprint density at radius 3 is 2.80 bits per heavy atom. The molecular weight excluding hydrogens is 254 g/mol. The molecule has 0 spiro atoms. The molecule has 1 heterocycles. The lowest BCUT2D eigenvalue weighted by atomic mass is 10.0. The third-order valence-electron chi connectivity index (χ3n) is 3.19. The Morgan fingerprint density at radius 2 is 2.15 bits per heavy atom. The van der Waals surface area contributed by atoms with Gasteiger partial charge in [-0.05, 0) is 38.1 Å². The number of anilines is 1. The molecule has 5 nitrogen and oxygen atoms in total. The third-order valence-corrected chi connectivity index (χ3v) is 3.19. The van der Waals surface area contributed by atoms with Crippen LogP contribution in [-0.2, 0) is 13.0 Å². The summed E-state index contributed by atoms with van der Waals surface area (Å²) in [5.74, 6) is 0.596. The topological polar surface area (TPSA) is 70.1 Å². The van der Waals surface area contributed by atoms with E-state index in [9.17, 15) is 4.79 Å². The number of hydrogen-bond acceptors (Lipinski definition) is 4. The maximum Gasteiger partial charge on any atom is 0.171 e. The smallest absolute Gasteiger partial charge is 0.171 e. The van der Waals surface area contributed by atoms with Gasteiger partial charge < -0.3 is 10.5 Å². The number of nitrogen functional groups attached to an aromatic ring is 1. The van der Waals surface area contributed by atoms with E-state index in [4.69, 9.17) is 10.5 Å². The molecule has 0 atom stereocenters. The van der Waals surface area contributed by atoms with E-state index >= 15 is 0 Å². The monoisotopic (exact) mass is 273 g/mol. The van der Waals surface area contributed by atoms with Crippen LogP contribution in [0.15, 0.2) is 24.3 Å². The van der Waals surface area contributed by atoms with Gasteiger partial charge in [0.05, 0.1) is 19.2 Å². The summed E-state index contributed by atoms with van der Waals surface area (Å²) in [4.78, 5) is 12.4. The fraction of sp³-hybridized carbons (Fsp3) is 0.333. The number of hydrogen-bond donors (Lipinski definition) is 1. The van der Waals surface area contributed by atoms with Gasteiger partial charge in [0.15, 0.2) is 5.78 Å². The predicted molar refractivity (Wildman–Crippen MR) is 78.1 cm³/mol. The summed E-state index contributed by atoms with van der Waals surface area (Å²) in [5, 5.41) is 4.34. The first kappa shape index (κ1) is 14.1. The molecule has 0 aliphatic carbocycles. The first-order valence-electron chi connectivity index (χ1n) is 6.55. The number of Topliss-reactive ketones (excluding diaryl/α,β-unsaturated/α-hetero) is 1. The molecule has 0 bridgehead atoms. The summed E-state index contributed by atoms with van der Waals surface area (Å²) in [6, 6.07) is 7.04. The largest absolute Gasteiger partial charge is 0.497 e. The number of methoxy groups -OCH3 is 1. The van der Waals surface area contributed by atoms with Crippen molar-refractivity contribution in [2.45, 2.75) is 26.8 Å². The molecule has 0 unspecified atom stereocenters. The molecule has 0 saturated heterocycles. The normalized spacial score (nSPS) is 10.6. The van der Waals surface area contributed by atoms with Crippen LogP contribution in [0.2, 0.25) is 0 Å². The number of nitrogens with two attached hydrogens (primary N) is 1. The molecule has 0 radical (unpaired) electrons. The average molecular weight is 273 g/mol. The van der Waals surface area contributed by atoms with Crippen molar-refractivity contribution < 1.29 is 9.53 Å². The van der Waals surface area contributed by atoms with E-state index in [-0.39, 0.29) is 12.2 Å². The Bertz CT molecular complexity index is 632. The van der Waals surface area contributed by atoms with Gasteiger partial charge in [0.1, 0.15) is 5.75 Å². The van der Waals surface area contributed by atoms with Gasteiger partial charge >= 0.3 is 0 Å². The number of ether oxygens (including phenoxy) is 1. The van der Waals surface area contributed by atoms with E-state index in [0.29, 0.717) is 17.0 Å². The summed E-state index contributed by atoms with van der Waals surface area (Å²) >= 11 is 0. The van der Waals surface area contributed by atoms with Gasteiger partial charge in [0.25, 0.3) is 0 Å². The Morgan fingerprint density at radius 1 is 1.40 bits per heavy atom. The molecule has 1 aromatic carbocycles. The van der Waals surface area contributed by atoms with Gasteiger partial charge in [-0.1, -0.05) is 0 Å². The van der Waals surface area contributed by atoms with Crippen molar-refractivity contribution in [3.05, 3.63) is 41.2 Å². The highest BCUT2D eigenvalue weighted by Crippen LogP contribution is 2.21. The van der Waals surface area contributed by atoms with Crippen LogP contribution >= 0.6 is 0 Å². The van der Waals surface area contributed by atoms with Crippen LogP contribution in [-0.4, -0.2) is 22.7 Å². The highest BCUT2D eigenvalue weighted by molar-refractivity contribution is 6.02. The second kappa shape index (κ2) is 5.77. The molecule has 5 heteroatoms. The highest BCUT2D eigenvalue weighted by atomic mass is 16.5. The second-order valence-corrected chi connectivity index (χ2v) is 4.65. The van der Waals surface area contributed by atoms with Crippen molar-refractivity contribution in [3.8, 4) is 5.75 Å². The molecule has 106 valence electrons. The van der Waals surface area contributed by atoms with Crippen molar-refractivity contribution in [1.82, 2.24) is 9.78 Å². The van der Waals surface area contributed by atoms with Crippen LogP contribution in [0.5, 0.6) is 5.75 Å². The molecule has 0 aliphatic rings. The average Bonchev–Trinajstić information content (AvgIpc) is 2.79. The molecular formula is C15H19N3O2. The quantitative estimate of drug-likeness (QED) is 0.670. The van der Waals surface area contributed by atoms with E-state index < -0.39 is 0 Å². The van der Waals surface area contributed by atoms with E-state index in [1.807, 2.05) is 24.6 Å². The zero-order valence-corrected chi connectivity index (χ0v) is 12.0. The van der Waals surface area contributed by atoms with Gasteiger partial charge in [-0.15, -0.1) is 0 Å². The number of ketones is 1. The van der Waals surface area contributed by atoms with Crippen LogP contribution in [0, 0.1) is 6.92 Å². The van der Waals surface area contributed by atoms with Gasteiger partial charge in [-0.3, -0.25) is 9.48 Å². The summed E-state index contributed by atoms with van der Waals surface area (Å²) in [7, 11) is 1.56. The minimum absolute atomic E-state index is 0.0315. The SMILES string of the molecule is CCn1nc(C)cc1CC(=O)c1cc(OC)ccc1N. The van der Waals surface area contributed by atoms with Gasteiger partial charge in [0.2, 0.25) is 0 Å².